The minimum atomic E-state index is 0.461. The van der Waals surface area contributed by atoms with Crippen LogP contribution in [0.5, 0.6) is 0 Å². The highest BCUT2D eigenvalue weighted by atomic mass is 35.5. The Morgan fingerprint density at radius 1 is 1.00 bits per heavy atom. The fourth-order valence-electron chi connectivity index (χ4n) is 1.66. The van der Waals surface area contributed by atoms with Crippen LogP contribution < -0.4 is 0 Å². The quantitative estimate of drug-likeness (QED) is 0.642. The van der Waals surface area contributed by atoms with Crippen LogP contribution >= 0.6 is 11.6 Å². The molecule has 0 spiro atoms. The molecule has 1 aromatic carbocycles. The van der Waals surface area contributed by atoms with Crippen molar-refractivity contribution < 1.29 is 0 Å². The van der Waals surface area contributed by atoms with Gasteiger partial charge in [-0.2, -0.15) is 5.10 Å². The predicted molar refractivity (Wildman–Crippen MR) is 63.4 cm³/mol. The molecule has 0 atom stereocenters. The van der Waals surface area contributed by atoms with E-state index in [0.717, 1.165) is 16.9 Å². The van der Waals surface area contributed by atoms with E-state index in [4.69, 9.17) is 11.6 Å². The van der Waals surface area contributed by atoms with Gasteiger partial charge in [0.1, 0.15) is 5.15 Å². The summed E-state index contributed by atoms with van der Waals surface area (Å²) in [6, 6.07) is 13.6. The fraction of sp³-hybridized carbons (Fsp3) is 0. The maximum Gasteiger partial charge on any atom is 0.154 e. The van der Waals surface area contributed by atoms with Crippen molar-refractivity contribution in [2.45, 2.75) is 0 Å². The second-order valence-electron chi connectivity index (χ2n) is 3.44. The van der Waals surface area contributed by atoms with Gasteiger partial charge in [0.2, 0.25) is 0 Å². The lowest BCUT2D eigenvalue weighted by molar-refractivity contribution is 0.943. The van der Waals surface area contributed by atoms with Gasteiger partial charge in [0, 0.05) is 5.56 Å². The molecule has 0 bridgehead atoms. The summed E-state index contributed by atoms with van der Waals surface area (Å²) >= 11 is 5.88. The summed E-state index contributed by atoms with van der Waals surface area (Å²) in [5, 5.41) is 4.69. The lowest BCUT2D eigenvalue weighted by Gasteiger charge is -2.00. The Labute approximate surface area is 97.3 Å². The van der Waals surface area contributed by atoms with Gasteiger partial charge in [-0.05, 0) is 12.1 Å². The first kappa shape index (κ1) is 9.36. The zero-order valence-electron chi connectivity index (χ0n) is 8.34. The van der Waals surface area contributed by atoms with Gasteiger partial charge >= 0.3 is 0 Å². The van der Waals surface area contributed by atoms with Crippen molar-refractivity contribution in [1.82, 2.24) is 14.6 Å². The van der Waals surface area contributed by atoms with E-state index < -0.39 is 0 Å². The maximum absolute atomic E-state index is 5.88. The number of benzene rings is 1. The summed E-state index contributed by atoms with van der Waals surface area (Å²) in [6.45, 7) is 0. The summed E-state index contributed by atoms with van der Waals surface area (Å²) in [7, 11) is 0. The van der Waals surface area contributed by atoms with E-state index in [-0.39, 0.29) is 0 Å². The summed E-state index contributed by atoms with van der Waals surface area (Å²) in [6.07, 6.45) is 1.80. The highest BCUT2D eigenvalue weighted by Gasteiger charge is 2.06. The molecule has 0 radical (unpaired) electrons. The fourth-order valence-corrected chi connectivity index (χ4v) is 1.80. The zero-order valence-corrected chi connectivity index (χ0v) is 9.09. The van der Waals surface area contributed by atoms with E-state index in [0.29, 0.717) is 5.15 Å². The molecule has 0 unspecified atom stereocenters. The van der Waals surface area contributed by atoms with Crippen molar-refractivity contribution in [2.75, 3.05) is 0 Å². The van der Waals surface area contributed by atoms with Crippen LogP contribution in [0.15, 0.2) is 48.7 Å². The van der Waals surface area contributed by atoms with E-state index in [1.165, 1.54) is 0 Å². The van der Waals surface area contributed by atoms with Gasteiger partial charge in [-0.15, -0.1) is 0 Å². The molecule has 0 amide bonds. The van der Waals surface area contributed by atoms with Gasteiger partial charge < -0.3 is 0 Å². The minimum absolute atomic E-state index is 0.461. The van der Waals surface area contributed by atoms with Crippen LogP contribution in [-0.2, 0) is 0 Å². The van der Waals surface area contributed by atoms with Crippen LogP contribution in [0.4, 0.5) is 0 Å². The van der Waals surface area contributed by atoms with Crippen molar-refractivity contribution in [3.8, 4) is 11.3 Å². The molecular formula is C12H8ClN3. The average Bonchev–Trinajstić information content (AvgIpc) is 2.73. The molecule has 0 fully saturated rings. The Balaban J connectivity index is 2.29. The molecule has 3 nitrogen and oxygen atoms in total. The minimum Gasteiger partial charge on any atom is -0.235 e. The summed E-state index contributed by atoms with van der Waals surface area (Å²) < 4.78 is 1.75. The maximum atomic E-state index is 5.88. The Morgan fingerprint density at radius 3 is 2.62 bits per heavy atom. The van der Waals surface area contributed by atoms with E-state index in [1.54, 1.807) is 16.8 Å². The molecule has 0 N–H and O–H groups in total. The molecular weight excluding hydrogens is 222 g/mol. The van der Waals surface area contributed by atoms with E-state index in [2.05, 4.69) is 10.1 Å². The summed E-state index contributed by atoms with van der Waals surface area (Å²) in [5.41, 5.74) is 2.81. The lowest BCUT2D eigenvalue weighted by atomic mass is 10.2. The van der Waals surface area contributed by atoms with Crippen LogP contribution in [-0.4, -0.2) is 14.6 Å². The number of fused-ring (bicyclic) bond motifs is 1. The third-order valence-corrected chi connectivity index (χ3v) is 2.60. The summed E-state index contributed by atoms with van der Waals surface area (Å²) in [4.78, 5) is 4.28. The largest absolute Gasteiger partial charge is 0.235 e. The lowest BCUT2D eigenvalue weighted by Crippen LogP contribution is -1.93. The Bertz CT molecular complexity index is 631. The number of rotatable bonds is 1. The van der Waals surface area contributed by atoms with Gasteiger partial charge in [0.05, 0.1) is 11.9 Å². The molecule has 2 heterocycles. The molecule has 3 aromatic rings. The van der Waals surface area contributed by atoms with E-state index >= 15 is 0 Å². The zero-order chi connectivity index (χ0) is 11.0. The number of nitrogens with zero attached hydrogens (tertiary/aromatic N) is 3. The van der Waals surface area contributed by atoms with Gasteiger partial charge in [0.15, 0.2) is 5.65 Å². The topological polar surface area (TPSA) is 30.2 Å². The molecule has 0 aliphatic heterocycles. The van der Waals surface area contributed by atoms with E-state index in [1.807, 2.05) is 36.4 Å². The highest BCUT2D eigenvalue weighted by molar-refractivity contribution is 6.29. The molecule has 0 aliphatic rings. The molecule has 0 saturated heterocycles. The van der Waals surface area contributed by atoms with Crippen molar-refractivity contribution in [2.24, 2.45) is 0 Å². The highest BCUT2D eigenvalue weighted by Crippen LogP contribution is 2.20. The Kier molecular flexibility index (Phi) is 2.11. The number of hydrogen-bond acceptors (Lipinski definition) is 2. The average molecular weight is 230 g/mol. The Morgan fingerprint density at radius 2 is 1.81 bits per heavy atom. The third kappa shape index (κ3) is 1.46. The van der Waals surface area contributed by atoms with Gasteiger partial charge in [-0.1, -0.05) is 41.9 Å². The predicted octanol–water partition coefficient (Wildman–Crippen LogP) is 3.05. The molecule has 16 heavy (non-hydrogen) atoms. The van der Waals surface area contributed by atoms with Crippen molar-refractivity contribution in [3.63, 3.8) is 0 Å². The number of aromatic nitrogens is 3. The van der Waals surface area contributed by atoms with Crippen LogP contribution in [0.1, 0.15) is 0 Å². The molecule has 0 aliphatic carbocycles. The first-order chi connectivity index (χ1) is 7.84. The van der Waals surface area contributed by atoms with Crippen LogP contribution in [0.2, 0.25) is 5.15 Å². The van der Waals surface area contributed by atoms with Gasteiger partial charge in [-0.3, -0.25) is 0 Å². The second-order valence-corrected chi connectivity index (χ2v) is 3.82. The Hall–Kier alpha value is -1.87. The van der Waals surface area contributed by atoms with Crippen LogP contribution in [0.3, 0.4) is 0 Å². The summed E-state index contributed by atoms with van der Waals surface area (Å²) in [5.74, 6) is 0. The van der Waals surface area contributed by atoms with Gasteiger partial charge in [0.25, 0.3) is 0 Å². The monoisotopic (exact) mass is 229 g/mol. The third-order valence-electron chi connectivity index (χ3n) is 2.40. The first-order valence-corrected chi connectivity index (χ1v) is 5.28. The normalized spacial score (nSPS) is 10.8. The van der Waals surface area contributed by atoms with Crippen LogP contribution in [0, 0.1) is 0 Å². The number of imidazole rings is 1. The van der Waals surface area contributed by atoms with Crippen molar-refractivity contribution >= 4 is 17.2 Å². The van der Waals surface area contributed by atoms with Crippen molar-refractivity contribution in [3.05, 3.63) is 53.8 Å². The second kappa shape index (κ2) is 3.61. The van der Waals surface area contributed by atoms with Gasteiger partial charge in [-0.25, -0.2) is 9.50 Å². The van der Waals surface area contributed by atoms with E-state index in [9.17, 15) is 0 Å². The SMILES string of the molecule is Clc1ccc2ncc(-c3ccccc3)n2n1. The molecule has 78 valence electrons. The molecule has 3 rings (SSSR count). The molecule has 2 aromatic heterocycles. The first-order valence-electron chi connectivity index (χ1n) is 4.90. The number of hydrogen-bond donors (Lipinski definition) is 0. The smallest absolute Gasteiger partial charge is 0.154 e. The number of halogens is 1. The van der Waals surface area contributed by atoms with Crippen LogP contribution in [0.25, 0.3) is 16.9 Å². The molecule has 4 heteroatoms. The molecule has 0 saturated carbocycles. The standard InChI is InChI=1S/C12H8ClN3/c13-11-6-7-12-14-8-10(16(12)15-11)9-4-2-1-3-5-9/h1-8H. The van der Waals surface area contributed by atoms with Crippen molar-refractivity contribution in [1.29, 1.82) is 0 Å².